The van der Waals surface area contributed by atoms with Gasteiger partial charge in [-0.15, -0.1) is 11.3 Å². The lowest BCUT2D eigenvalue weighted by Gasteiger charge is -2.29. The molecular weight excluding hydrogens is 296 g/mol. The lowest BCUT2D eigenvalue weighted by atomic mass is 9.86. The lowest BCUT2D eigenvalue weighted by Crippen LogP contribution is -2.34. The minimum absolute atomic E-state index is 0.263. The zero-order chi connectivity index (χ0) is 15.9. The van der Waals surface area contributed by atoms with Gasteiger partial charge in [0.2, 0.25) is 0 Å². The van der Waals surface area contributed by atoms with Crippen LogP contribution < -0.4 is 16.8 Å². The molecule has 0 amide bonds. The maximum atomic E-state index is 5.93. The molecular formula is C15H24N6S. The highest BCUT2D eigenvalue weighted by atomic mass is 32.1. The molecule has 0 bridgehead atoms. The first-order valence-corrected chi connectivity index (χ1v) is 8.31. The molecule has 1 heterocycles. The van der Waals surface area contributed by atoms with E-state index in [0.29, 0.717) is 23.5 Å². The number of rotatable bonds is 6. The van der Waals surface area contributed by atoms with Crippen LogP contribution in [0.5, 0.6) is 0 Å². The van der Waals surface area contributed by atoms with Crippen molar-refractivity contribution in [3.05, 3.63) is 27.6 Å². The normalized spacial score (nSPS) is 23.4. The second kappa shape index (κ2) is 8.05. The topological polar surface area (TPSA) is 102 Å². The van der Waals surface area contributed by atoms with E-state index in [1.165, 1.54) is 29.1 Å². The number of nitrogens with zero attached hydrogens (tertiary/aromatic N) is 3. The van der Waals surface area contributed by atoms with E-state index < -0.39 is 0 Å². The van der Waals surface area contributed by atoms with E-state index in [-0.39, 0.29) is 6.54 Å². The van der Waals surface area contributed by atoms with Crippen molar-refractivity contribution in [2.45, 2.75) is 44.6 Å². The van der Waals surface area contributed by atoms with Gasteiger partial charge in [0.25, 0.3) is 0 Å². The number of hydrogen-bond donors (Lipinski definition) is 3. The highest BCUT2D eigenvalue weighted by Crippen LogP contribution is 2.35. The van der Waals surface area contributed by atoms with Crippen LogP contribution in [-0.4, -0.2) is 30.6 Å². The SMILES string of the molecule is C=N/C=N\C(NC1CCCC(c2ncc(C)s2)C1)=C(\N)CN. The number of hydrogen-bond acceptors (Lipinski definition) is 6. The molecule has 0 radical (unpaired) electrons. The van der Waals surface area contributed by atoms with Gasteiger partial charge in [-0.1, -0.05) is 6.42 Å². The number of aliphatic imine (C=N–C) groups is 2. The van der Waals surface area contributed by atoms with Crippen LogP contribution in [0.4, 0.5) is 0 Å². The van der Waals surface area contributed by atoms with E-state index in [1.54, 1.807) is 11.3 Å². The molecule has 7 heteroatoms. The van der Waals surface area contributed by atoms with E-state index in [1.807, 2.05) is 6.20 Å². The third-order valence-electron chi connectivity index (χ3n) is 3.80. The number of aryl methyl sites for hydroxylation is 1. The molecule has 1 aromatic rings. The summed E-state index contributed by atoms with van der Waals surface area (Å²) in [6, 6.07) is 0.324. The average molecular weight is 320 g/mol. The molecule has 22 heavy (non-hydrogen) atoms. The molecule has 1 aliphatic rings. The van der Waals surface area contributed by atoms with Crippen LogP contribution in [0.15, 0.2) is 27.7 Å². The highest BCUT2D eigenvalue weighted by molar-refractivity contribution is 7.11. The fraction of sp³-hybridized carbons (Fsp3) is 0.533. The molecule has 1 saturated carbocycles. The second-order valence-corrected chi connectivity index (χ2v) is 6.79. The van der Waals surface area contributed by atoms with Crippen LogP contribution in [0.3, 0.4) is 0 Å². The van der Waals surface area contributed by atoms with Gasteiger partial charge in [-0.25, -0.2) is 9.98 Å². The quantitative estimate of drug-likeness (QED) is 0.550. The van der Waals surface area contributed by atoms with Crippen LogP contribution in [0.2, 0.25) is 0 Å². The fourth-order valence-corrected chi connectivity index (χ4v) is 3.63. The Balaban J connectivity index is 2.05. The van der Waals surface area contributed by atoms with E-state index in [0.717, 1.165) is 12.8 Å². The Morgan fingerprint density at radius 2 is 2.41 bits per heavy atom. The molecule has 0 aromatic carbocycles. The molecule has 0 spiro atoms. The smallest absolute Gasteiger partial charge is 0.148 e. The van der Waals surface area contributed by atoms with Crippen molar-refractivity contribution in [3.8, 4) is 0 Å². The maximum Gasteiger partial charge on any atom is 0.148 e. The van der Waals surface area contributed by atoms with E-state index in [2.05, 4.69) is 33.9 Å². The fourth-order valence-electron chi connectivity index (χ4n) is 2.71. The Kier molecular flexibility index (Phi) is 6.09. The van der Waals surface area contributed by atoms with Crippen molar-refractivity contribution in [1.82, 2.24) is 10.3 Å². The van der Waals surface area contributed by atoms with Gasteiger partial charge in [-0.2, -0.15) is 0 Å². The predicted molar refractivity (Wildman–Crippen MR) is 93.3 cm³/mol. The summed E-state index contributed by atoms with van der Waals surface area (Å²) in [6.45, 7) is 5.75. The zero-order valence-corrected chi connectivity index (χ0v) is 13.8. The Hall–Kier alpha value is -1.73. The van der Waals surface area contributed by atoms with Crippen molar-refractivity contribution in [2.24, 2.45) is 21.5 Å². The largest absolute Gasteiger partial charge is 0.398 e. The zero-order valence-electron chi connectivity index (χ0n) is 13.0. The van der Waals surface area contributed by atoms with Crippen LogP contribution >= 0.6 is 11.3 Å². The Morgan fingerprint density at radius 3 is 3.05 bits per heavy atom. The van der Waals surface area contributed by atoms with Crippen molar-refractivity contribution in [1.29, 1.82) is 0 Å². The van der Waals surface area contributed by atoms with Crippen LogP contribution in [-0.2, 0) is 0 Å². The first-order valence-electron chi connectivity index (χ1n) is 7.50. The summed E-state index contributed by atoms with van der Waals surface area (Å²) in [7, 11) is 0. The molecule has 1 fully saturated rings. The van der Waals surface area contributed by atoms with E-state index in [9.17, 15) is 0 Å². The molecule has 0 aliphatic heterocycles. The number of aromatic nitrogens is 1. The summed E-state index contributed by atoms with van der Waals surface area (Å²) in [6.07, 6.45) is 7.82. The standard InChI is InChI=1S/C15H24N6S/c1-10-8-19-15(22-10)11-4-3-5-12(6-11)21-14(13(17)7-16)20-9-18-2/h8-9,11-12,21H,2-7,16-17H2,1H3/b14-13-,20-9-. The van der Waals surface area contributed by atoms with Gasteiger partial charge in [0.1, 0.15) is 12.2 Å². The minimum atomic E-state index is 0.263. The summed E-state index contributed by atoms with van der Waals surface area (Å²) in [4.78, 5) is 13.6. The van der Waals surface area contributed by atoms with Crippen LogP contribution in [0.25, 0.3) is 0 Å². The number of nitrogens with two attached hydrogens (primary N) is 2. The molecule has 1 aromatic heterocycles. The summed E-state index contributed by atoms with van der Waals surface area (Å²) in [5.74, 6) is 1.11. The van der Waals surface area contributed by atoms with Crippen LogP contribution in [0, 0.1) is 6.92 Å². The number of nitrogens with one attached hydrogen (secondary N) is 1. The third-order valence-corrected chi connectivity index (χ3v) is 4.87. The average Bonchev–Trinajstić information content (AvgIpc) is 2.97. The second-order valence-electron chi connectivity index (χ2n) is 5.52. The Bertz CT molecular complexity index is 562. The summed E-state index contributed by atoms with van der Waals surface area (Å²) < 4.78 is 0. The van der Waals surface area contributed by atoms with E-state index in [4.69, 9.17) is 11.5 Å². The highest BCUT2D eigenvalue weighted by Gasteiger charge is 2.25. The Labute approximate surface area is 135 Å². The summed E-state index contributed by atoms with van der Waals surface area (Å²) >= 11 is 1.79. The van der Waals surface area contributed by atoms with Crippen molar-refractivity contribution >= 4 is 24.4 Å². The first-order chi connectivity index (χ1) is 10.6. The van der Waals surface area contributed by atoms with Crippen molar-refractivity contribution < 1.29 is 0 Å². The van der Waals surface area contributed by atoms with E-state index >= 15 is 0 Å². The van der Waals surface area contributed by atoms with Gasteiger partial charge in [-0.3, -0.25) is 4.99 Å². The molecule has 2 rings (SSSR count). The molecule has 120 valence electrons. The van der Waals surface area contributed by atoms with Gasteiger partial charge in [0, 0.05) is 29.6 Å². The Morgan fingerprint density at radius 1 is 1.59 bits per heavy atom. The molecule has 6 nitrogen and oxygen atoms in total. The van der Waals surface area contributed by atoms with Crippen molar-refractivity contribution in [2.75, 3.05) is 6.54 Å². The third kappa shape index (κ3) is 4.38. The predicted octanol–water partition coefficient (Wildman–Crippen LogP) is 1.88. The van der Waals surface area contributed by atoms with Crippen LogP contribution in [0.1, 0.15) is 41.5 Å². The molecule has 2 unspecified atom stereocenters. The van der Waals surface area contributed by atoms with Crippen molar-refractivity contribution in [3.63, 3.8) is 0 Å². The number of thiazole rings is 1. The first kappa shape index (κ1) is 16.6. The van der Waals surface area contributed by atoms with Gasteiger partial charge >= 0.3 is 0 Å². The molecule has 5 N–H and O–H groups in total. The lowest BCUT2D eigenvalue weighted by molar-refractivity contribution is 0.355. The molecule has 0 saturated heterocycles. The molecule has 2 atom stereocenters. The van der Waals surface area contributed by atoms with Gasteiger partial charge in [0.05, 0.1) is 10.7 Å². The minimum Gasteiger partial charge on any atom is -0.398 e. The molecule has 1 aliphatic carbocycles. The van der Waals surface area contributed by atoms with Gasteiger partial charge in [-0.05, 0) is 32.9 Å². The maximum absolute atomic E-state index is 5.93. The van der Waals surface area contributed by atoms with Gasteiger partial charge < -0.3 is 16.8 Å². The summed E-state index contributed by atoms with van der Waals surface area (Å²) in [5, 5.41) is 4.65. The monoisotopic (exact) mass is 320 g/mol. The summed E-state index contributed by atoms with van der Waals surface area (Å²) in [5.41, 5.74) is 12.1. The van der Waals surface area contributed by atoms with Gasteiger partial charge in [0.15, 0.2) is 0 Å².